The van der Waals surface area contributed by atoms with E-state index in [-0.39, 0.29) is 5.91 Å². The lowest BCUT2D eigenvalue weighted by Gasteiger charge is -2.32. The summed E-state index contributed by atoms with van der Waals surface area (Å²) in [6, 6.07) is 7.23. The van der Waals surface area contributed by atoms with E-state index in [1.54, 1.807) is 23.1 Å². The quantitative estimate of drug-likeness (QED) is 0.742. The van der Waals surface area contributed by atoms with Gasteiger partial charge in [-0.25, -0.2) is 0 Å². The summed E-state index contributed by atoms with van der Waals surface area (Å²) in [4.78, 5) is 14.0. The molecule has 0 N–H and O–H groups in total. The highest BCUT2D eigenvalue weighted by atomic mass is 16.8. The molecular weight excluding hydrogens is 320 g/mol. The molecule has 1 saturated heterocycles. The minimum absolute atomic E-state index is 0.207. The third-order valence-corrected chi connectivity index (χ3v) is 4.01. The van der Waals surface area contributed by atoms with Crippen LogP contribution in [0.4, 0.5) is 0 Å². The average Bonchev–Trinajstić information content (AvgIpc) is 2.86. The van der Waals surface area contributed by atoms with Crippen LogP contribution >= 0.6 is 0 Å². The van der Waals surface area contributed by atoms with E-state index < -0.39 is 11.4 Å². The smallest absolute Gasteiger partial charge is 0.246 e. The van der Waals surface area contributed by atoms with Gasteiger partial charge < -0.3 is 19.1 Å². The van der Waals surface area contributed by atoms with E-state index in [0.29, 0.717) is 31.0 Å². The number of rotatable bonds is 6. The minimum Gasteiger partial charge on any atom is -0.496 e. The van der Waals surface area contributed by atoms with Crippen LogP contribution in [0.3, 0.4) is 0 Å². The highest BCUT2D eigenvalue weighted by molar-refractivity contribution is 5.87. The summed E-state index contributed by atoms with van der Waals surface area (Å²) >= 11 is 0. The highest BCUT2D eigenvalue weighted by Crippen LogP contribution is 2.32. The Morgan fingerprint density at radius 2 is 2.20 bits per heavy atom. The van der Waals surface area contributed by atoms with E-state index in [1.807, 2.05) is 20.8 Å². The second kappa shape index (κ2) is 7.26. The van der Waals surface area contributed by atoms with Gasteiger partial charge >= 0.3 is 0 Å². The van der Waals surface area contributed by atoms with Gasteiger partial charge in [-0.3, -0.25) is 4.79 Å². The van der Waals surface area contributed by atoms with Gasteiger partial charge in [-0.2, -0.15) is 5.26 Å². The van der Waals surface area contributed by atoms with Gasteiger partial charge in [-0.05, 0) is 39.0 Å². The molecule has 1 fully saturated rings. The largest absolute Gasteiger partial charge is 0.496 e. The number of amides is 1. The molecule has 1 unspecified atom stereocenters. The third kappa shape index (κ3) is 4.59. The van der Waals surface area contributed by atoms with Gasteiger partial charge in [0.25, 0.3) is 0 Å². The molecule has 0 aromatic heterocycles. The molecule has 0 spiro atoms. The zero-order chi connectivity index (χ0) is 18.7. The normalized spacial score (nSPS) is 21.4. The Morgan fingerprint density at radius 1 is 1.48 bits per heavy atom. The van der Waals surface area contributed by atoms with Crippen LogP contribution in [0.1, 0.15) is 31.9 Å². The van der Waals surface area contributed by atoms with Crippen LogP contribution in [-0.4, -0.2) is 42.5 Å². The summed E-state index contributed by atoms with van der Waals surface area (Å²) < 4.78 is 17.0. The SMILES string of the molecule is C=CC(=O)N(Cc1ccc(C#N)cc1OC)CC1(C)COC(C)(C)O1. The first-order chi connectivity index (χ1) is 11.7. The highest BCUT2D eigenvalue weighted by Gasteiger charge is 2.43. The second-order valence-corrected chi connectivity index (χ2v) is 6.78. The summed E-state index contributed by atoms with van der Waals surface area (Å²) in [7, 11) is 1.54. The van der Waals surface area contributed by atoms with Crippen molar-refractivity contribution >= 4 is 5.91 Å². The van der Waals surface area contributed by atoms with Crippen LogP contribution in [-0.2, 0) is 20.8 Å². The van der Waals surface area contributed by atoms with E-state index in [1.165, 1.54) is 13.2 Å². The predicted molar refractivity (Wildman–Crippen MR) is 92.8 cm³/mol. The molecule has 0 aliphatic carbocycles. The van der Waals surface area contributed by atoms with Crippen LogP contribution in [0.15, 0.2) is 30.9 Å². The molecule has 2 rings (SSSR count). The van der Waals surface area contributed by atoms with E-state index in [4.69, 9.17) is 19.5 Å². The van der Waals surface area contributed by atoms with E-state index in [2.05, 4.69) is 12.6 Å². The Labute approximate surface area is 148 Å². The summed E-state index contributed by atoms with van der Waals surface area (Å²) in [5, 5.41) is 9.02. The van der Waals surface area contributed by atoms with Gasteiger partial charge in [0, 0.05) is 12.1 Å². The molecule has 6 heteroatoms. The Hall–Kier alpha value is -2.36. The fraction of sp³-hybridized carbons (Fsp3) is 0.474. The molecule has 134 valence electrons. The number of hydrogen-bond donors (Lipinski definition) is 0. The van der Waals surface area contributed by atoms with Crippen molar-refractivity contribution in [2.24, 2.45) is 0 Å². The molecule has 1 aliphatic rings. The maximum absolute atomic E-state index is 12.3. The molecule has 1 amide bonds. The number of hydrogen-bond acceptors (Lipinski definition) is 5. The average molecular weight is 344 g/mol. The van der Waals surface area contributed by atoms with Crippen molar-refractivity contribution in [3.8, 4) is 11.8 Å². The number of nitrogens with zero attached hydrogens (tertiary/aromatic N) is 2. The van der Waals surface area contributed by atoms with Crippen molar-refractivity contribution in [1.29, 1.82) is 5.26 Å². The van der Waals surface area contributed by atoms with Gasteiger partial charge in [-0.1, -0.05) is 12.6 Å². The zero-order valence-corrected chi connectivity index (χ0v) is 15.2. The summed E-state index contributed by atoms with van der Waals surface area (Å²) in [5.74, 6) is -0.319. The van der Waals surface area contributed by atoms with Crippen LogP contribution in [0.2, 0.25) is 0 Å². The fourth-order valence-corrected chi connectivity index (χ4v) is 2.95. The molecule has 0 bridgehead atoms. The fourth-order valence-electron chi connectivity index (χ4n) is 2.95. The first kappa shape index (κ1) is 19.0. The lowest BCUT2D eigenvalue weighted by Crippen LogP contribution is -2.45. The van der Waals surface area contributed by atoms with Gasteiger partial charge in [0.15, 0.2) is 5.79 Å². The van der Waals surface area contributed by atoms with Crippen LogP contribution in [0.5, 0.6) is 5.75 Å². The lowest BCUT2D eigenvalue weighted by molar-refractivity contribution is -0.163. The number of carbonyl (C=O) groups is 1. The van der Waals surface area contributed by atoms with Gasteiger partial charge in [0.1, 0.15) is 11.4 Å². The number of ether oxygens (including phenoxy) is 3. The number of nitriles is 1. The molecule has 1 aliphatic heterocycles. The summed E-state index contributed by atoms with van der Waals surface area (Å²) in [6.07, 6.45) is 1.28. The van der Waals surface area contributed by atoms with Gasteiger partial charge in [0.2, 0.25) is 5.91 Å². The van der Waals surface area contributed by atoms with Crippen LogP contribution in [0.25, 0.3) is 0 Å². The minimum atomic E-state index is -0.677. The first-order valence-electron chi connectivity index (χ1n) is 8.04. The molecule has 1 atom stereocenters. The van der Waals surface area contributed by atoms with Crippen molar-refractivity contribution in [3.63, 3.8) is 0 Å². The summed E-state index contributed by atoms with van der Waals surface area (Å²) in [6.45, 7) is 10.3. The first-order valence-corrected chi connectivity index (χ1v) is 8.04. The van der Waals surface area contributed by atoms with Crippen molar-refractivity contribution < 1.29 is 19.0 Å². The third-order valence-electron chi connectivity index (χ3n) is 4.01. The second-order valence-electron chi connectivity index (χ2n) is 6.78. The number of methoxy groups -OCH3 is 1. The monoisotopic (exact) mass is 344 g/mol. The topological polar surface area (TPSA) is 71.8 Å². The van der Waals surface area contributed by atoms with Crippen molar-refractivity contribution in [3.05, 3.63) is 42.0 Å². The predicted octanol–water partition coefficient (Wildman–Crippen LogP) is 2.62. The zero-order valence-electron chi connectivity index (χ0n) is 15.2. The lowest BCUT2D eigenvalue weighted by atomic mass is 10.1. The molecule has 25 heavy (non-hydrogen) atoms. The van der Waals surface area contributed by atoms with Gasteiger partial charge in [0.05, 0.1) is 31.9 Å². The van der Waals surface area contributed by atoms with E-state index in [0.717, 1.165) is 5.56 Å². The molecule has 6 nitrogen and oxygen atoms in total. The Morgan fingerprint density at radius 3 is 2.72 bits per heavy atom. The van der Waals surface area contributed by atoms with E-state index in [9.17, 15) is 4.79 Å². The van der Waals surface area contributed by atoms with Crippen molar-refractivity contribution in [2.45, 2.75) is 38.7 Å². The van der Waals surface area contributed by atoms with Crippen LogP contribution in [0, 0.1) is 11.3 Å². The molecule has 1 aromatic carbocycles. The maximum atomic E-state index is 12.3. The van der Waals surface area contributed by atoms with Crippen LogP contribution < -0.4 is 4.74 Å². The Kier molecular flexibility index (Phi) is 5.51. The Balaban J connectivity index is 2.24. The molecule has 1 aromatic rings. The number of benzene rings is 1. The molecule has 0 radical (unpaired) electrons. The number of carbonyl (C=O) groups excluding carboxylic acids is 1. The molecule has 1 heterocycles. The Bertz CT molecular complexity index is 708. The molecular formula is C19H24N2O4. The van der Waals surface area contributed by atoms with Gasteiger partial charge in [-0.15, -0.1) is 0 Å². The van der Waals surface area contributed by atoms with Crippen molar-refractivity contribution in [1.82, 2.24) is 4.90 Å². The molecule has 0 saturated carbocycles. The van der Waals surface area contributed by atoms with E-state index >= 15 is 0 Å². The maximum Gasteiger partial charge on any atom is 0.246 e. The summed E-state index contributed by atoms with van der Waals surface area (Å²) in [5.41, 5.74) is 0.698. The standard InChI is InChI=1S/C19H24N2O4/c1-6-17(22)21(12-19(4)13-24-18(2,3)25-19)11-15-8-7-14(10-20)9-16(15)23-5/h6-9H,1,11-13H2,2-5H3. The van der Waals surface area contributed by atoms with Crippen molar-refractivity contribution in [2.75, 3.05) is 20.3 Å².